The summed E-state index contributed by atoms with van der Waals surface area (Å²) in [6, 6.07) is 11.8. The summed E-state index contributed by atoms with van der Waals surface area (Å²) in [5, 5.41) is 5.81. The second-order valence-corrected chi connectivity index (χ2v) is 7.15. The molecule has 0 spiro atoms. The van der Waals surface area contributed by atoms with E-state index in [1.54, 1.807) is 31.2 Å². The molecule has 1 aliphatic rings. The van der Waals surface area contributed by atoms with Crippen molar-refractivity contribution < 1.29 is 14.4 Å². The van der Waals surface area contributed by atoms with Gasteiger partial charge in [-0.3, -0.25) is 14.5 Å². The number of para-hydroxylation sites is 1. The van der Waals surface area contributed by atoms with Gasteiger partial charge >= 0.3 is 6.03 Å². The van der Waals surface area contributed by atoms with E-state index in [1.807, 2.05) is 32.0 Å². The van der Waals surface area contributed by atoms with Crippen molar-refractivity contribution in [3.05, 3.63) is 64.2 Å². The van der Waals surface area contributed by atoms with E-state index < -0.39 is 23.4 Å². The number of rotatable bonds is 4. The van der Waals surface area contributed by atoms with E-state index >= 15 is 0 Å². The van der Waals surface area contributed by atoms with Gasteiger partial charge in [0.1, 0.15) is 12.1 Å². The van der Waals surface area contributed by atoms with Gasteiger partial charge in [0.25, 0.3) is 5.91 Å². The first-order chi connectivity index (χ1) is 12.7. The number of imide groups is 1. The molecule has 0 aromatic heterocycles. The Balaban J connectivity index is 1.80. The van der Waals surface area contributed by atoms with Crippen molar-refractivity contribution in [2.24, 2.45) is 0 Å². The van der Waals surface area contributed by atoms with E-state index in [9.17, 15) is 14.4 Å². The van der Waals surface area contributed by atoms with Crippen LogP contribution in [0.25, 0.3) is 0 Å². The minimum absolute atomic E-state index is 0.371. The summed E-state index contributed by atoms with van der Waals surface area (Å²) in [6.07, 6.45) is 0. The summed E-state index contributed by atoms with van der Waals surface area (Å²) >= 11 is 6.20. The summed E-state index contributed by atoms with van der Waals surface area (Å²) < 4.78 is 0. The lowest BCUT2D eigenvalue weighted by Crippen LogP contribution is -2.42. The van der Waals surface area contributed by atoms with Crippen LogP contribution in [0.2, 0.25) is 5.02 Å². The summed E-state index contributed by atoms with van der Waals surface area (Å²) in [5.74, 6) is -0.962. The minimum Gasteiger partial charge on any atom is -0.324 e. The smallest absolute Gasteiger partial charge is 0.324 e. The Labute approximate surface area is 162 Å². The molecular weight excluding hydrogens is 366 g/mol. The fraction of sp³-hybridized carbons (Fsp3) is 0.250. The number of hydrogen-bond donors (Lipinski definition) is 2. The number of carbonyl (C=O) groups is 3. The van der Waals surface area contributed by atoms with E-state index in [0.717, 1.165) is 16.0 Å². The van der Waals surface area contributed by atoms with Crippen LogP contribution >= 0.6 is 11.6 Å². The third-order valence-corrected chi connectivity index (χ3v) is 5.06. The van der Waals surface area contributed by atoms with Crippen molar-refractivity contribution >= 4 is 35.1 Å². The highest BCUT2D eigenvalue weighted by atomic mass is 35.5. The van der Waals surface area contributed by atoms with Gasteiger partial charge in [-0.2, -0.15) is 0 Å². The molecule has 2 N–H and O–H groups in total. The van der Waals surface area contributed by atoms with Crippen LogP contribution in [-0.2, 0) is 15.1 Å². The average molecular weight is 386 g/mol. The predicted molar refractivity (Wildman–Crippen MR) is 104 cm³/mol. The molecule has 27 heavy (non-hydrogen) atoms. The lowest BCUT2D eigenvalue weighted by molar-refractivity contribution is -0.133. The Morgan fingerprint density at radius 1 is 1.11 bits per heavy atom. The van der Waals surface area contributed by atoms with Gasteiger partial charge in [-0.05, 0) is 38.0 Å². The fourth-order valence-corrected chi connectivity index (χ4v) is 3.55. The predicted octanol–water partition coefficient (Wildman–Crippen LogP) is 3.36. The maximum atomic E-state index is 12.9. The van der Waals surface area contributed by atoms with E-state index in [1.165, 1.54) is 0 Å². The summed E-state index contributed by atoms with van der Waals surface area (Å²) in [7, 11) is 0. The average Bonchev–Trinajstić information content (AvgIpc) is 2.82. The van der Waals surface area contributed by atoms with Crippen LogP contribution in [0.1, 0.15) is 23.6 Å². The molecule has 6 nitrogen and oxygen atoms in total. The molecule has 0 radical (unpaired) electrons. The molecule has 1 saturated heterocycles. The first-order valence-corrected chi connectivity index (χ1v) is 8.87. The quantitative estimate of drug-likeness (QED) is 0.792. The molecular formula is C20H20ClN3O3. The third-order valence-electron chi connectivity index (χ3n) is 4.73. The molecule has 140 valence electrons. The van der Waals surface area contributed by atoms with Crippen molar-refractivity contribution in [2.45, 2.75) is 26.3 Å². The number of nitrogens with one attached hydrogen (secondary N) is 2. The zero-order valence-corrected chi connectivity index (χ0v) is 16.1. The molecule has 0 aliphatic carbocycles. The molecule has 0 saturated carbocycles. The maximum absolute atomic E-state index is 12.9. The number of benzene rings is 2. The van der Waals surface area contributed by atoms with Gasteiger partial charge < -0.3 is 10.6 Å². The zero-order chi connectivity index (χ0) is 19.8. The van der Waals surface area contributed by atoms with Gasteiger partial charge in [0.05, 0.1) is 0 Å². The van der Waals surface area contributed by atoms with Crippen molar-refractivity contribution in [1.29, 1.82) is 0 Å². The molecule has 1 aliphatic heterocycles. The fourth-order valence-electron chi connectivity index (χ4n) is 3.22. The summed E-state index contributed by atoms with van der Waals surface area (Å²) in [4.78, 5) is 38.7. The van der Waals surface area contributed by atoms with E-state index in [2.05, 4.69) is 10.6 Å². The standard InChI is InChI=1S/C20H20ClN3O3/c1-12-7-6-8-13(2)17(12)22-16(25)11-24-18(26)20(3,23-19(24)27)14-9-4-5-10-15(14)21/h4-10H,11H2,1-3H3,(H,22,25)(H,23,27)/t20-/m0/s1. The van der Waals surface area contributed by atoms with E-state index in [-0.39, 0.29) is 6.54 Å². The van der Waals surface area contributed by atoms with Gasteiger partial charge in [-0.25, -0.2) is 4.79 Å². The molecule has 1 fully saturated rings. The van der Waals surface area contributed by atoms with Crippen LogP contribution in [0.5, 0.6) is 0 Å². The number of urea groups is 1. The second-order valence-electron chi connectivity index (χ2n) is 6.74. The SMILES string of the molecule is Cc1cccc(C)c1NC(=O)CN1C(=O)N[C@@](C)(c2ccccc2Cl)C1=O. The van der Waals surface area contributed by atoms with Crippen molar-refractivity contribution in [3.63, 3.8) is 0 Å². The number of aryl methyl sites for hydroxylation is 2. The topological polar surface area (TPSA) is 78.5 Å². The largest absolute Gasteiger partial charge is 0.325 e. The normalized spacial score (nSPS) is 19.2. The van der Waals surface area contributed by atoms with Crippen LogP contribution < -0.4 is 10.6 Å². The zero-order valence-electron chi connectivity index (χ0n) is 15.3. The monoisotopic (exact) mass is 385 g/mol. The number of halogens is 1. The van der Waals surface area contributed by atoms with Crippen molar-refractivity contribution in [2.75, 3.05) is 11.9 Å². The molecule has 1 heterocycles. The second kappa shape index (κ2) is 7.04. The number of anilines is 1. The maximum Gasteiger partial charge on any atom is 0.325 e. The molecule has 3 rings (SSSR count). The highest BCUT2D eigenvalue weighted by molar-refractivity contribution is 6.32. The van der Waals surface area contributed by atoms with Crippen LogP contribution in [0, 0.1) is 13.8 Å². The van der Waals surface area contributed by atoms with Gasteiger partial charge in [0.2, 0.25) is 5.91 Å². The van der Waals surface area contributed by atoms with Gasteiger partial charge in [-0.15, -0.1) is 0 Å². The first kappa shape index (κ1) is 18.9. The van der Waals surface area contributed by atoms with E-state index in [0.29, 0.717) is 16.3 Å². The van der Waals surface area contributed by atoms with E-state index in [4.69, 9.17) is 11.6 Å². The number of nitrogens with zero attached hydrogens (tertiary/aromatic N) is 1. The molecule has 2 aromatic carbocycles. The lowest BCUT2D eigenvalue weighted by Gasteiger charge is -2.23. The number of amides is 4. The summed E-state index contributed by atoms with van der Waals surface area (Å²) in [6.45, 7) is 4.96. The molecule has 0 bridgehead atoms. The molecule has 1 atom stereocenters. The van der Waals surface area contributed by atoms with Gasteiger partial charge in [0, 0.05) is 16.3 Å². The van der Waals surface area contributed by atoms with Gasteiger partial charge in [-0.1, -0.05) is 48.0 Å². The molecule has 0 unspecified atom stereocenters. The van der Waals surface area contributed by atoms with Crippen molar-refractivity contribution in [3.8, 4) is 0 Å². The number of carbonyl (C=O) groups excluding carboxylic acids is 3. The third kappa shape index (κ3) is 3.40. The molecule has 2 aromatic rings. The summed E-state index contributed by atoms with van der Waals surface area (Å²) in [5.41, 5.74) is 1.67. The Morgan fingerprint density at radius 2 is 1.74 bits per heavy atom. The van der Waals surface area contributed by atoms with Crippen LogP contribution in [0.15, 0.2) is 42.5 Å². The Morgan fingerprint density at radius 3 is 2.37 bits per heavy atom. The lowest BCUT2D eigenvalue weighted by atomic mass is 9.92. The highest BCUT2D eigenvalue weighted by Gasteiger charge is 2.50. The molecule has 4 amide bonds. The van der Waals surface area contributed by atoms with Crippen LogP contribution in [0.3, 0.4) is 0 Å². The van der Waals surface area contributed by atoms with Crippen molar-refractivity contribution in [1.82, 2.24) is 10.2 Å². The van der Waals surface area contributed by atoms with Crippen LogP contribution in [0.4, 0.5) is 10.5 Å². The first-order valence-electron chi connectivity index (χ1n) is 8.49. The van der Waals surface area contributed by atoms with Crippen LogP contribution in [-0.4, -0.2) is 29.3 Å². The number of hydrogen-bond acceptors (Lipinski definition) is 3. The Bertz CT molecular complexity index is 924. The minimum atomic E-state index is -1.31. The Kier molecular flexibility index (Phi) is 4.93. The molecule has 7 heteroatoms. The van der Waals surface area contributed by atoms with Gasteiger partial charge in [0.15, 0.2) is 0 Å². The Hall–Kier alpha value is -2.86. The highest BCUT2D eigenvalue weighted by Crippen LogP contribution is 2.33.